The van der Waals surface area contributed by atoms with Gasteiger partial charge in [-0.2, -0.15) is 0 Å². The van der Waals surface area contributed by atoms with Crippen LogP contribution >= 0.6 is 0 Å². The van der Waals surface area contributed by atoms with Crippen LogP contribution in [-0.4, -0.2) is 87.3 Å². The first-order valence-electron chi connectivity index (χ1n) is 18.6. The van der Waals surface area contributed by atoms with Gasteiger partial charge in [0.15, 0.2) is 0 Å². The van der Waals surface area contributed by atoms with Gasteiger partial charge in [0.1, 0.15) is 52.0 Å². The molecule has 70 heavy (non-hydrogen) atoms. The minimum absolute atomic E-state index is 0.0833. The highest BCUT2D eigenvalue weighted by atomic mass is 32.2. The molecule has 0 heterocycles. The summed E-state index contributed by atoms with van der Waals surface area (Å²) in [6, 6.07) is 22.9. The second-order valence-corrected chi connectivity index (χ2v) is 19.2. The zero-order valence-corrected chi connectivity index (χ0v) is 40.9. The normalized spacial score (nSPS) is 10.4. The van der Waals surface area contributed by atoms with Crippen LogP contribution in [0.2, 0.25) is 0 Å². The van der Waals surface area contributed by atoms with Gasteiger partial charge in [-0.15, -0.1) is 0 Å². The number of ketones is 2. The summed E-state index contributed by atoms with van der Waals surface area (Å²) in [4.78, 5) is 16.9. The van der Waals surface area contributed by atoms with E-state index in [1.165, 1.54) is 76.2 Å². The predicted octanol–water partition coefficient (Wildman–Crippen LogP) is -6.76. The number of nitrogens with two attached hydrogens (primary N) is 12. The van der Waals surface area contributed by atoms with Crippen LogP contribution in [0.5, 0.6) is 0 Å². The van der Waals surface area contributed by atoms with Gasteiger partial charge in [-0.1, -0.05) is 48.5 Å². The topological polar surface area (TPSA) is 573 Å². The van der Waals surface area contributed by atoms with Crippen LogP contribution in [0, 0.1) is 0 Å². The third kappa shape index (κ3) is 27.1. The zero-order chi connectivity index (χ0) is 55.1. The third-order valence-corrected chi connectivity index (χ3v) is 10.4. The maximum absolute atomic E-state index is 11.6. The number of hydrogen-bond acceptors (Lipinski definition) is 14. The van der Waals surface area contributed by atoms with Crippen LogP contribution in [-0.2, 0) is 50.1 Å². The summed E-state index contributed by atoms with van der Waals surface area (Å²) in [5.41, 5.74) is 39.9. The second-order valence-electron chi connectivity index (χ2n) is 13.7. The Morgan fingerprint density at radius 3 is 0.514 bits per heavy atom. The molecule has 0 fully saturated rings. The van der Waals surface area contributed by atoms with Crippen molar-refractivity contribution in [3.8, 4) is 44.5 Å². The molecule has 0 atom stereocenters. The van der Waals surface area contributed by atoms with Gasteiger partial charge >= 0.3 is 23.8 Å². The van der Waals surface area contributed by atoms with Gasteiger partial charge in [0, 0.05) is 0 Å². The molecule has 0 unspecified atom stereocenters. The Morgan fingerprint density at radius 1 is 0.329 bits per heavy atom. The van der Waals surface area contributed by atoms with Gasteiger partial charge in [-0.25, -0.2) is 33.7 Å². The lowest BCUT2D eigenvalue weighted by Gasteiger charge is -2.20. The number of hydrogen-bond donors (Lipinski definition) is 12. The van der Waals surface area contributed by atoms with Crippen molar-refractivity contribution in [1.29, 1.82) is 0 Å². The summed E-state index contributed by atoms with van der Waals surface area (Å²) < 4.78 is 139. The fourth-order valence-corrected chi connectivity index (χ4v) is 6.64. The average Bonchev–Trinajstić information content (AvgIpc) is 3.18. The first-order chi connectivity index (χ1) is 31.7. The zero-order valence-electron chi connectivity index (χ0n) is 37.7. The van der Waals surface area contributed by atoms with Crippen LogP contribution in [0.3, 0.4) is 0 Å². The maximum Gasteiger partial charge on any atom is 0.336 e. The molecule has 5 rings (SSSR count). The molecule has 5 aromatic carbocycles. The highest BCUT2D eigenvalue weighted by Gasteiger charge is 2.18. The highest BCUT2D eigenvalue weighted by Crippen LogP contribution is 2.43. The van der Waals surface area contributed by atoms with E-state index in [2.05, 4.69) is 67.5 Å². The first-order valence-corrected chi connectivity index (χ1v) is 24.3. The van der Waals surface area contributed by atoms with E-state index in [1.807, 2.05) is 0 Å². The van der Waals surface area contributed by atoms with E-state index in [1.54, 1.807) is 12.1 Å². The van der Waals surface area contributed by atoms with E-state index in [-0.39, 0.29) is 35.4 Å². The molecule has 0 spiro atoms. The van der Waals surface area contributed by atoms with Crippen molar-refractivity contribution in [2.75, 3.05) is 0 Å². The number of benzene rings is 5. The van der Waals surface area contributed by atoms with E-state index in [9.17, 15) is 61.5 Å². The van der Waals surface area contributed by atoms with Crippen molar-refractivity contribution in [3.63, 3.8) is 0 Å². The molecule has 5 aromatic rings. The van der Waals surface area contributed by atoms with Crippen LogP contribution in [0.25, 0.3) is 44.5 Å². The van der Waals surface area contributed by atoms with Crippen molar-refractivity contribution in [2.45, 2.75) is 47.3 Å². The summed E-state index contributed by atoms with van der Waals surface area (Å²) in [6.45, 7) is 6.11. The van der Waals surface area contributed by atoms with E-state index in [4.69, 9.17) is 0 Å². The Labute approximate surface area is 404 Å². The molecule has 30 heteroatoms. The van der Waals surface area contributed by atoms with Crippen molar-refractivity contribution >= 4 is 75.9 Å². The molecular formula is C40H54N12O14S4. The average molecular weight is 1060 g/mol. The number of carbonyl (C=O) groups excluding carboxylic acids is 2. The molecule has 24 N–H and O–H groups in total. The monoisotopic (exact) mass is 1050 g/mol. The van der Waals surface area contributed by atoms with Crippen LogP contribution in [0.4, 0.5) is 0 Å². The molecule has 26 nitrogen and oxygen atoms in total. The minimum atomic E-state index is -4.78. The Hall–Kier alpha value is -7.84. The number of guanidine groups is 4. The molecule has 382 valence electrons. The van der Waals surface area contributed by atoms with Crippen molar-refractivity contribution in [2.24, 2.45) is 45.9 Å². The lowest BCUT2D eigenvalue weighted by atomic mass is 9.85. The Morgan fingerprint density at radius 2 is 0.429 bits per heavy atom. The maximum atomic E-state index is 11.6. The van der Waals surface area contributed by atoms with E-state index < -0.39 is 60.1 Å². The number of Topliss-reactive ketones (excluding diaryl/α,β-unsaturated/α-hetero) is 2. The largest absolute Gasteiger partial charge is 0.744 e. The molecule has 0 aliphatic heterocycles. The second kappa shape index (κ2) is 28.5. The van der Waals surface area contributed by atoms with Gasteiger partial charge in [0.25, 0.3) is 0 Å². The van der Waals surface area contributed by atoms with E-state index in [0.29, 0.717) is 44.5 Å². The predicted molar refractivity (Wildman–Crippen MR) is 254 cm³/mol. The molecule has 0 amide bonds. The molecule has 0 aliphatic carbocycles. The van der Waals surface area contributed by atoms with Crippen molar-refractivity contribution in [1.82, 2.24) is 0 Å². The summed E-state index contributed by atoms with van der Waals surface area (Å²) in [6.07, 6.45) is 0. The van der Waals surface area contributed by atoms with Crippen LogP contribution in [0.1, 0.15) is 27.7 Å². The van der Waals surface area contributed by atoms with E-state index in [0.717, 1.165) is 48.5 Å². The van der Waals surface area contributed by atoms with E-state index >= 15 is 0 Å². The Balaban J connectivity index is 0. The first kappa shape index (κ1) is 64.2. The van der Waals surface area contributed by atoms with Crippen LogP contribution in [0.15, 0.2) is 129 Å². The SMILES string of the molecule is CC(C)=O.CC(C)=O.NC(N)=[NH2+].NC(N)=[NH2+].NC(N)=[NH2+].NC(N)=[NH2+].O=S(=O)([O-])c1ccc(-c2cc(-c3ccc(S(=O)(=O)[O-])cc3)c(-c3ccc(S(=O)(=O)[O-])cc3)cc2-c2ccc(S(=O)(=O)[O-])cc2)cc1. The smallest absolute Gasteiger partial charge is 0.336 e. The lowest BCUT2D eigenvalue weighted by Crippen LogP contribution is -2.51. The van der Waals surface area contributed by atoms with Crippen molar-refractivity contribution < 1.29 is 83.1 Å². The van der Waals surface area contributed by atoms with Crippen LogP contribution < -0.4 is 67.5 Å². The lowest BCUT2D eigenvalue weighted by molar-refractivity contribution is -0.117. The number of carbonyl (C=O) groups is 2. The third-order valence-electron chi connectivity index (χ3n) is 6.97. The van der Waals surface area contributed by atoms with Gasteiger partial charge in [0.2, 0.25) is 0 Å². The van der Waals surface area contributed by atoms with Gasteiger partial charge in [-0.3, -0.25) is 67.5 Å². The Kier molecular flexibility index (Phi) is 26.1. The minimum Gasteiger partial charge on any atom is -0.744 e. The molecule has 0 bridgehead atoms. The highest BCUT2D eigenvalue weighted by molar-refractivity contribution is 7.86. The fraction of sp³-hybridized carbons (Fsp3) is 0.100. The summed E-state index contributed by atoms with van der Waals surface area (Å²) in [5, 5.41) is 18.3. The molecule has 0 saturated heterocycles. The summed E-state index contributed by atoms with van der Waals surface area (Å²) in [5.74, 6) is 0.00000000000000133. The van der Waals surface area contributed by atoms with Gasteiger partial charge in [0.05, 0.1) is 19.6 Å². The molecular weight excluding hydrogens is 1000 g/mol. The van der Waals surface area contributed by atoms with Gasteiger partial charge in [-0.05, 0) is 133 Å². The van der Waals surface area contributed by atoms with Gasteiger partial charge < -0.3 is 27.8 Å². The summed E-state index contributed by atoms with van der Waals surface area (Å²) in [7, 11) is -19.1. The molecule has 0 aromatic heterocycles. The molecule has 0 radical (unpaired) electrons. The Bertz CT molecular complexity index is 2620. The number of rotatable bonds is 8. The molecule has 0 aliphatic rings. The molecule has 0 saturated carbocycles. The quantitative estimate of drug-likeness (QED) is 0.0390. The fourth-order valence-electron chi connectivity index (χ4n) is 4.76. The standard InChI is InChI=1S/C30H22O12S4.2C3H6O.4CH5N3/c31-43(32,33)23-9-1-19(2-10-23)27-17-29(21-5-13-25(14-6-21)45(37,38)39)30(22-7-15-26(16-8-22)46(40,41)42)18-28(27)20-3-11-24(12-4-20)44(34,35)36;2*1-3(2)4;4*2-1(3)4/h1-18H,(H,31,32,33)(H,34,35,36)(H,37,38,39)(H,40,41,42);2*1-2H3;4*(H5,2,3,4). The van der Waals surface area contributed by atoms with Crippen molar-refractivity contribution in [3.05, 3.63) is 109 Å². The summed E-state index contributed by atoms with van der Waals surface area (Å²) >= 11 is 0.